The third-order valence-corrected chi connectivity index (χ3v) is 4.30. The minimum absolute atomic E-state index is 0.124. The van der Waals surface area contributed by atoms with E-state index >= 15 is 0 Å². The Hall–Kier alpha value is -2.94. The van der Waals surface area contributed by atoms with Gasteiger partial charge in [-0.25, -0.2) is 4.79 Å². The lowest BCUT2D eigenvalue weighted by atomic mass is 10.1. The van der Waals surface area contributed by atoms with Crippen LogP contribution in [0.15, 0.2) is 52.3 Å². The highest BCUT2D eigenvalue weighted by Crippen LogP contribution is 2.30. The van der Waals surface area contributed by atoms with Crippen molar-refractivity contribution in [3.05, 3.63) is 64.9 Å². The second-order valence-electron chi connectivity index (χ2n) is 5.46. The molecule has 3 aromatic rings. The van der Waals surface area contributed by atoms with Gasteiger partial charge in [0.05, 0.1) is 10.4 Å². The zero-order valence-corrected chi connectivity index (χ0v) is 14.8. The molecule has 2 heterocycles. The number of hydrogen-bond acceptors (Lipinski definition) is 6. The Morgan fingerprint density at radius 3 is 2.78 bits per heavy atom. The number of hydrogen-bond donors (Lipinski definition) is 0. The van der Waals surface area contributed by atoms with Crippen LogP contribution in [0.2, 0.25) is 0 Å². The molecule has 0 aliphatic heterocycles. The molecule has 5 nitrogen and oxygen atoms in total. The minimum Gasteiger partial charge on any atom is -0.449 e. The predicted octanol–water partition coefficient (Wildman–Crippen LogP) is 5.13. The molecule has 1 aromatic carbocycles. The molecular formula is C18H13F3N2O3S. The summed E-state index contributed by atoms with van der Waals surface area (Å²) < 4.78 is 48.7. The normalized spacial score (nSPS) is 13.0. The van der Waals surface area contributed by atoms with Gasteiger partial charge in [0, 0.05) is 6.08 Å². The van der Waals surface area contributed by atoms with Gasteiger partial charge in [0.25, 0.3) is 11.8 Å². The fraction of sp³-hybridized carbons (Fsp3) is 0.167. The summed E-state index contributed by atoms with van der Waals surface area (Å²) in [4.78, 5) is 12.7. The number of alkyl halides is 3. The highest BCUT2D eigenvalue weighted by molar-refractivity contribution is 7.13. The molecule has 0 saturated heterocycles. The van der Waals surface area contributed by atoms with Crippen molar-refractivity contribution in [2.75, 3.05) is 0 Å². The number of benzene rings is 1. The van der Waals surface area contributed by atoms with Crippen molar-refractivity contribution < 1.29 is 27.1 Å². The first-order valence-corrected chi connectivity index (χ1v) is 8.64. The van der Waals surface area contributed by atoms with Gasteiger partial charge in [-0.3, -0.25) is 0 Å². The third-order valence-electron chi connectivity index (χ3n) is 3.44. The maximum absolute atomic E-state index is 12.7. The number of carbonyl (C=O) groups excluding carboxylic acids is 1. The van der Waals surface area contributed by atoms with Crippen LogP contribution < -0.4 is 0 Å². The molecule has 3 rings (SSSR count). The molecule has 0 radical (unpaired) electrons. The Morgan fingerprint density at radius 2 is 2.07 bits per heavy atom. The summed E-state index contributed by atoms with van der Waals surface area (Å²) in [6, 6.07) is 8.27. The van der Waals surface area contributed by atoms with Crippen LogP contribution in [0.5, 0.6) is 0 Å². The fourth-order valence-electron chi connectivity index (χ4n) is 2.15. The summed E-state index contributed by atoms with van der Waals surface area (Å²) >= 11 is 1.43. The van der Waals surface area contributed by atoms with Crippen LogP contribution in [0.1, 0.15) is 30.0 Å². The van der Waals surface area contributed by atoms with Gasteiger partial charge in [0.1, 0.15) is 0 Å². The highest BCUT2D eigenvalue weighted by atomic mass is 32.1. The number of thiophene rings is 1. The molecule has 0 amide bonds. The Morgan fingerprint density at radius 1 is 1.26 bits per heavy atom. The highest BCUT2D eigenvalue weighted by Gasteiger charge is 2.30. The first-order chi connectivity index (χ1) is 12.8. The number of aromatic nitrogens is 2. The first-order valence-electron chi connectivity index (χ1n) is 7.76. The molecule has 0 fully saturated rings. The second-order valence-corrected chi connectivity index (χ2v) is 6.41. The van der Waals surface area contributed by atoms with E-state index in [-0.39, 0.29) is 11.5 Å². The summed E-state index contributed by atoms with van der Waals surface area (Å²) in [5.41, 5.74) is -0.564. The lowest BCUT2D eigenvalue weighted by Gasteiger charge is -2.07. The van der Waals surface area contributed by atoms with Crippen LogP contribution in [0.4, 0.5) is 13.2 Å². The summed E-state index contributed by atoms with van der Waals surface area (Å²) in [7, 11) is 0. The molecule has 0 spiro atoms. The van der Waals surface area contributed by atoms with Crippen molar-refractivity contribution in [1.29, 1.82) is 0 Å². The number of esters is 1. The van der Waals surface area contributed by atoms with Crippen LogP contribution in [-0.4, -0.2) is 16.2 Å². The zero-order chi connectivity index (χ0) is 19.4. The van der Waals surface area contributed by atoms with E-state index < -0.39 is 23.8 Å². The Kier molecular flexibility index (Phi) is 5.41. The fourth-order valence-corrected chi connectivity index (χ4v) is 2.79. The summed E-state index contributed by atoms with van der Waals surface area (Å²) in [5, 5.41) is 9.60. The van der Waals surface area contributed by atoms with E-state index in [9.17, 15) is 18.0 Å². The number of rotatable bonds is 5. The molecule has 0 aliphatic carbocycles. The number of ether oxygens (including phenoxy) is 1. The van der Waals surface area contributed by atoms with Crippen molar-refractivity contribution >= 4 is 23.4 Å². The zero-order valence-electron chi connectivity index (χ0n) is 13.9. The molecule has 9 heteroatoms. The van der Waals surface area contributed by atoms with E-state index in [1.165, 1.54) is 29.5 Å². The van der Waals surface area contributed by atoms with Crippen LogP contribution in [-0.2, 0) is 15.7 Å². The quantitative estimate of drug-likeness (QED) is 0.443. The minimum atomic E-state index is -4.45. The first kappa shape index (κ1) is 18.8. The molecular weight excluding hydrogens is 381 g/mol. The van der Waals surface area contributed by atoms with Crippen molar-refractivity contribution in [2.24, 2.45) is 0 Å². The molecule has 0 bridgehead atoms. The Labute approximate surface area is 156 Å². The standard InChI is InChI=1S/C18H13F3N2O3S/c1-11(16-22-23-17(26-16)14-6-3-9-27-14)25-15(24)8-7-12-4-2-5-13(10-12)18(19,20)21/h2-11H,1H3/b8-7+/t11-/m0/s1. The molecule has 2 aromatic heterocycles. The molecule has 140 valence electrons. The van der Waals surface area contributed by atoms with Gasteiger partial charge in [0.15, 0.2) is 6.10 Å². The largest absolute Gasteiger partial charge is 0.449 e. The van der Waals surface area contributed by atoms with Gasteiger partial charge in [-0.15, -0.1) is 21.5 Å². The van der Waals surface area contributed by atoms with E-state index in [1.54, 1.807) is 6.92 Å². The molecule has 1 atom stereocenters. The lowest BCUT2D eigenvalue weighted by Crippen LogP contribution is -2.06. The Bertz CT molecular complexity index is 949. The number of halogens is 3. The predicted molar refractivity (Wildman–Crippen MR) is 92.6 cm³/mol. The van der Waals surface area contributed by atoms with Gasteiger partial charge in [-0.05, 0) is 42.1 Å². The summed E-state index contributed by atoms with van der Waals surface area (Å²) in [6.07, 6.45) is -2.96. The average molecular weight is 394 g/mol. The summed E-state index contributed by atoms with van der Waals surface area (Å²) in [5.74, 6) is -0.294. The van der Waals surface area contributed by atoms with E-state index in [2.05, 4.69) is 10.2 Å². The lowest BCUT2D eigenvalue weighted by molar-refractivity contribution is -0.143. The van der Waals surface area contributed by atoms with Crippen molar-refractivity contribution in [3.8, 4) is 10.8 Å². The monoisotopic (exact) mass is 394 g/mol. The average Bonchev–Trinajstić information content (AvgIpc) is 3.30. The van der Waals surface area contributed by atoms with Crippen LogP contribution in [0.25, 0.3) is 16.8 Å². The number of nitrogens with zero attached hydrogens (tertiary/aromatic N) is 2. The second kappa shape index (κ2) is 7.75. The SMILES string of the molecule is C[C@H](OC(=O)/C=C/c1cccc(C(F)(F)F)c1)c1nnc(-c2cccs2)o1. The van der Waals surface area contributed by atoms with Gasteiger partial charge < -0.3 is 9.15 Å². The molecule has 0 saturated carbocycles. The van der Waals surface area contributed by atoms with Gasteiger partial charge >= 0.3 is 12.1 Å². The summed E-state index contributed by atoms with van der Waals surface area (Å²) in [6.45, 7) is 1.56. The Balaban J connectivity index is 1.63. The molecule has 0 N–H and O–H groups in total. The molecule has 27 heavy (non-hydrogen) atoms. The van der Waals surface area contributed by atoms with Gasteiger partial charge in [0.2, 0.25) is 0 Å². The van der Waals surface area contributed by atoms with Crippen molar-refractivity contribution in [1.82, 2.24) is 10.2 Å². The molecule has 0 aliphatic rings. The van der Waals surface area contributed by atoms with Crippen LogP contribution in [0.3, 0.4) is 0 Å². The van der Waals surface area contributed by atoms with E-state index in [0.717, 1.165) is 23.1 Å². The molecule has 0 unspecified atom stereocenters. The van der Waals surface area contributed by atoms with Gasteiger partial charge in [-0.1, -0.05) is 18.2 Å². The maximum atomic E-state index is 12.7. The van der Waals surface area contributed by atoms with Crippen LogP contribution >= 0.6 is 11.3 Å². The van der Waals surface area contributed by atoms with Crippen molar-refractivity contribution in [3.63, 3.8) is 0 Å². The topological polar surface area (TPSA) is 65.2 Å². The van der Waals surface area contributed by atoms with Crippen LogP contribution in [0, 0.1) is 0 Å². The van der Waals surface area contributed by atoms with Crippen molar-refractivity contribution in [2.45, 2.75) is 19.2 Å². The van der Waals surface area contributed by atoms with E-state index in [4.69, 9.17) is 9.15 Å². The maximum Gasteiger partial charge on any atom is 0.416 e. The van der Waals surface area contributed by atoms with E-state index in [1.807, 2.05) is 17.5 Å². The number of carbonyl (C=O) groups is 1. The smallest absolute Gasteiger partial charge is 0.416 e. The van der Waals surface area contributed by atoms with E-state index in [0.29, 0.717) is 5.89 Å². The van der Waals surface area contributed by atoms with Gasteiger partial charge in [-0.2, -0.15) is 13.2 Å². The third kappa shape index (κ3) is 4.82.